The average Bonchev–Trinajstić information content (AvgIpc) is 3.43. The number of nitrogens with one attached hydrogen (secondary N) is 2. The molecule has 9 heteroatoms. The summed E-state index contributed by atoms with van der Waals surface area (Å²) in [7, 11) is 1.39. The van der Waals surface area contributed by atoms with Crippen molar-refractivity contribution in [1.82, 2.24) is 19.9 Å². The van der Waals surface area contributed by atoms with Gasteiger partial charge in [0.15, 0.2) is 17.5 Å². The molecule has 2 bridgehead atoms. The topological polar surface area (TPSA) is 92.8 Å². The summed E-state index contributed by atoms with van der Waals surface area (Å²) in [6, 6.07) is 1.57. The van der Waals surface area contributed by atoms with E-state index in [1.165, 1.54) is 7.11 Å². The minimum atomic E-state index is -0.559. The van der Waals surface area contributed by atoms with E-state index in [-0.39, 0.29) is 29.7 Å². The van der Waals surface area contributed by atoms with E-state index < -0.39 is 5.82 Å². The van der Waals surface area contributed by atoms with Crippen LogP contribution in [0.5, 0.6) is 0 Å². The van der Waals surface area contributed by atoms with Crippen LogP contribution in [0.3, 0.4) is 0 Å². The number of rotatable bonds is 4. The zero-order valence-electron chi connectivity index (χ0n) is 15.7. The molecule has 0 radical (unpaired) electrons. The van der Waals surface area contributed by atoms with Crippen molar-refractivity contribution in [2.75, 3.05) is 12.4 Å². The van der Waals surface area contributed by atoms with Gasteiger partial charge in [-0.2, -0.15) is 0 Å². The number of carbonyl (C=O) groups is 1. The van der Waals surface area contributed by atoms with Gasteiger partial charge in [0.2, 0.25) is 0 Å². The number of aromatic nitrogens is 4. The summed E-state index contributed by atoms with van der Waals surface area (Å²) in [6.07, 6.45) is 7.38. The van der Waals surface area contributed by atoms with E-state index >= 15 is 0 Å². The number of pyridine rings is 1. The molecule has 2 aliphatic rings. The maximum Gasteiger partial charge on any atom is 0.311 e. The lowest BCUT2D eigenvalue weighted by molar-refractivity contribution is -0.147. The van der Waals surface area contributed by atoms with E-state index in [4.69, 9.17) is 16.3 Å². The molecule has 0 saturated heterocycles. The normalized spacial score (nSPS) is 25.5. The summed E-state index contributed by atoms with van der Waals surface area (Å²) >= 11 is 6.07. The van der Waals surface area contributed by atoms with Crippen LogP contribution in [0.25, 0.3) is 22.4 Å². The first-order valence-corrected chi connectivity index (χ1v) is 9.93. The van der Waals surface area contributed by atoms with Gasteiger partial charge in [0.25, 0.3) is 0 Å². The SMILES string of the molecule is COC(=O)[C@H]1C2CCC(C2)[C@@H]1Nc1nc(-c2c[nH]c3ncc(Cl)cc23)ncc1F. The summed E-state index contributed by atoms with van der Waals surface area (Å²) in [4.78, 5) is 28.2. The molecule has 2 aliphatic carbocycles. The van der Waals surface area contributed by atoms with E-state index in [0.717, 1.165) is 30.8 Å². The van der Waals surface area contributed by atoms with Gasteiger partial charge in [0.1, 0.15) is 5.65 Å². The number of methoxy groups -OCH3 is 1. The maximum absolute atomic E-state index is 14.6. The van der Waals surface area contributed by atoms with Crippen molar-refractivity contribution in [1.29, 1.82) is 0 Å². The van der Waals surface area contributed by atoms with Crippen molar-refractivity contribution in [2.45, 2.75) is 25.3 Å². The first-order valence-electron chi connectivity index (χ1n) is 9.55. The number of hydrogen-bond donors (Lipinski definition) is 2. The highest BCUT2D eigenvalue weighted by atomic mass is 35.5. The zero-order valence-corrected chi connectivity index (χ0v) is 16.4. The third-order valence-corrected chi connectivity index (χ3v) is 6.38. The molecule has 0 aliphatic heterocycles. The molecule has 0 amide bonds. The number of H-pyrrole nitrogens is 1. The Hall–Kier alpha value is -2.74. The number of ether oxygens (including phenoxy) is 1. The molecule has 4 atom stereocenters. The fraction of sp³-hybridized carbons (Fsp3) is 0.400. The molecular weight excluding hydrogens is 397 g/mol. The Morgan fingerprint density at radius 3 is 2.97 bits per heavy atom. The standard InChI is InChI=1S/C20H19ClFN5O2/c1-29-20(28)15-9-2-3-10(4-9)16(15)26-19-14(22)8-25-18(27-19)13-7-24-17-12(13)5-11(21)6-23-17/h5-10,15-16H,2-4H2,1H3,(H,23,24)(H,25,26,27)/t9?,10?,15-,16-/m0/s1. The van der Waals surface area contributed by atoms with Crippen LogP contribution in [0.15, 0.2) is 24.7 Å². The molecule has 2 saturated carbocycles. The van der Waals surface area contributed by atoms with E-state index in [2.05, 4.69) is 25.3 Å². The Bertz CT molecular complexity index is 1100. The largest absolute Gasteiger partial charge is 0.469 e. The Labute approximate surface area is 171 Å². The Balaban J connectivity index is 1.50. The van der Waals surface area contributed by atoms with Crippen LogP contribution in [0.4, 0.5) is 10.2 Å². The number of fused-ring (bicyclic) bond motifs is 3. The molecule has 3 aromatic rings. The number of hydrogen-bond acceptors (Lipinski definition) is 6. The molecule has 7 nitrogen and oxygen atoms in total. The van der Waals surface area contributed by atoms with Gasteiger partial charge >= 0.3 is 5.97 Å². The second-order valence-electron chi connectivity index (χ2n) is 7.69. The molecule has 29 heavy (non-hydrogen) atoms. The van der Waals surface area contributed by atoms with Crippen molar-refractivity contribution in [3.8, 4) is 11.4 Å². The van der Waals surface area contributed by atoms with Crippen LogP contribution in [0, 0.1) is 23.6 Å². The third-order valence-electron chi connectivity index (χ3n) is 6.18. The number of halogens is 2. The summed E-state index contributed by atoms with van der Waals surface area (Å²) < 4.78 is 19.5. The summed E-state index contributed by atoms with van der Waals surface area (Å²) in [5.41, 5.74) is 1.32. The highest BCUT2D eigenvalue weighted by Gasteiger charge is 2.51. The van der Waals surface area contributed by atoms with Gasteiger partial charge in [0, 0.05) is 29.4 Å². The van der Waals surface area contributed by atoms with Gasteiger partial charge in [-0.1, -0.05) is 11.6 Å². The molecule has 3 heterocycles. The second-order valence-corrected chi connectivity index (χ2v) is 8.13. The second kappa shape index (κ2) is 6.95. The molecular formula is C20H19ClFN5O2. The number of nitrogens with zero attached hydrogens (tertiary/aromatic N) is 3. The summed E-state index contributed by atoms with van der Waals surface area (Å²) in [5.74, 6) is -0.0764. The number of esters is 1. The van der Waals surface area contributed by atoms with Crippen molar-refractivity contribution < 1.29 is 13.9 Å². The fourth-order valence-electron chi connectivity index (χ4n) is 4.89. The van der Waals surface area contributed by atoms with E-state index in [1.54, 1.807) is 18.5 Å². The van der Waals surface area contributed by atoms with Crippen LogP contribution >= 0.6 is 11.6 Å². The highest BCUT2D eigenvalue weighted by Crippen LogP contribution is 2.50. The molecule has 150 valence electrons. The van der Waals surface area contributed by atoms with Gasteiger partial charge in [-0.15, -0.1) is 0 Å². The van der Waals surface area contributed by atoms with Gasteiger partial charge in [-0.05, 0) is 37.2 Å². The zero-order chi connectivity index (χ0) is 20.1. The molecule has 2 N–H and O–H groups in total. The Kier molecular flexibility index (Phi) is 4.38. The number of aromatic amines is 1. The Morgan fingerprint density at radius 1 is 1.31 bits per heavy atom. The lowest BCUT2D eigenvalue weighted by Gasteiger charge is -2.30. The quantitative estimate of drug-likeness (QED) is 0.629. The molecule has 5 rings (SSSR count). The summed E-state index contributed by atoms with van der Waals surface area (Å²) in [5, 5.41) is 4.43. The van der Waals surface area contributed by atoms with Crippen LogP contribution in [-0.2, 0) is 9.53 Å². The van der Waals surface area contributed by atoms with Gasteiger partial charge in [-0.3, -0.25) is 4.79 Å². The maximum atomic E-state index is 14.6. The fourth-order valence-corrected chi connectivity index (χ4v) is 5.05. The number of carbonyl (C=O) groups excluding carboxylic acids is 1. The van der Waals surface area contributed by atoms with Crippen molar-refractivity contribution in [3.63, 3.8) is 0 Å². The predicted molar refractivity (Wildman–Crippen MR) is 106 cm³/mol. The molecule has 0 aromatic carbocycles. The van der Waals surface area contributed by atoms with Gasteiger partial charge in [0.05, 0.1) is 24.2 Å². The average molecular weight is 416 g/mol. The first kappa shape index (κ1) is 18.3. The lowest BCUT2D eigenvalue weighted by atomic mass is 9.84. The van der Waals surface area contributed by atoms with E-state index in [0.29, 0.717) is 28.0 Å². The first-order chi connectivity index (χ1) is 14.0. The Morgan fingerprint density at radius 2 is 2.14 bits per heavy atom. The monoisotopic (exact) mass is 415 g/mol. The summed E-state index contributed by atoms with van der Waals surface area (Å²) in [6.45, 7) is 0. The molecule has 2 unspecified atom stereocenters. The van der Waals surface area contributed by atoms with Crippen LogP contribution in [0.1, 0.15) is 19.3 Å². The van der Waals surface area contributed by atoms with Gasteiger partial charge < -0.3 is 15.0 Å². The minimum Gasteiger partial charge on any atom is -0.469 e. The molecule has 2 fully saturated rings. The number of anilines is 1. The van der Waals surface area contributed by atoms with E-state index in [1.807, 2.05) is 0 Å². The van der Waals surface area contributed by atoms with Crippen molar-refractivity contribution in [2.24, 2.45) is 17.8 Å². The van der Waals surface area contributed by atoms with Crippen molar-refractivity contribution in [3.05, 3.63) is 35.5 Å². The lowest BCUT2D eigenvalue weighted by Crippen LogP contribution is -2.40. The van der Waals surface area contributed by atoms with Gasteiger partial charge in [-0.25, -0.2) is 19.3 Å². The van der Waals surface area contributed by atoms with Crippen LogP contribution in [-0.4, -0.2) is 39.1 Å². The smallest absolute Gasteiger partial charge is 0.311 e. The minimum absolute atomic E-state index is 0.0887. The van der Waals surface area contributed by atoms with Crippen LogP contribution in [0.2, 0.25) is 5.02 Å². The van der Waals surface area contributed by atoms with Crippen molar-refractivity contribution >= 4 is 34.4 Å². The van der Waals surface area contributed by atoms with E-state index in [9.17, 15) is 9.18 Å². The molecule has 0 spiro atoms. The van der Waals surface area contributed by atoms with Crippen LogP contribution < -0.4 is 5.32 Å². The molecule has 3 aromatic heterocycles. The predicted octanol–water partition coefficient (Wildman–Crippen LogP) is 3.81. The highest BCUT2D eigenvalue weighted by molar-refractivity contribution is 6.31. The third kappa shape index (κ3) is 3.02.